The van der Waals surface area contributed by atoms with E-state index in [1.54, 1.807) is 36.4 Å². The number of ketones is 1. The zero-order chi connectivity index (χ0) is 24.2. The summed E-state index contributed by atoms with van der Waals surface area (Å²) in [6, 6.07) is 9.80. The van der Waals surface area contributed by atoms with Gasteiger partial charge in [0.05, 0.1) is 11.6 Å². The number of ether oxygens (including phenoxy) is 2. The molecule has 2 aliphatic heterocycles. The van der Waals surface area contributed by atoms with Crippen LogP contribution < -0.4 is 9.47 Å². The molecule has 2 aromatic rings. The van der Waals surface area contributed by atoms with E-state index in [2.05, 4.69) is 18.7 Å². The molecule has 0 bridgehead atoms. The van der Waals surface area contributed by atoms with Crippen molar-refractivity contribution in [3.05, 3.63) is 65.0 Å². The second-order valence-electron chi connectivity index (χ2n) is 8.25. The predicted octanol–water partition coefficient (Wildman–Crippen LogP) is 3.75. The first kappa shape index (κ1) is 23.8. The third kappa shape index (κ3) is 4.50. The van der Waals surface area contributed by atoms with Crippen molar-refractivity contribution in [2.75, 3.05) is 39.4 Å². The smallest absolute Gasteiger partial charge is 0.295 e. The minimum atomic E-state index is -1.02. The zero-order valence-electron chi connectivity index (χ0n) is 19.4. The van der Waals surface area contributed by atoms with Gasteiger partial charge in [0.2, 0.25) is 0 Å². The average molecular weight is 469 g/mol. The SMILES string of the molecule is CCN(CC)CCCN1C(=O)C(=O)/C(=C(/O)c2ccc3c(c2)OCCO3)C1c1ccccc1F. The van der Waals surface area contributed by atoms with Gasteiger partial charge in [0.1, 0.15) is 24.8 Å². The molecule has 0 aliphatic carbocycles. The van der Waals surface area contributed by atoms with Crippen LogP contribution in [0.5, 0.6) is 11.5 Å². The van der Waals surface area contributed by atoms with E-state index in [1.165, 1.54) is 11.0 Å². The number of nitrogens with zero attached hydrogens (tertiary/aromatic N) is 2. The predicted molar refractivity (Wildman–Crippen MR) is 125 cm³/mol. The largest absolute Gasteiger partial charge is 0.507 e. The van der Waals surface area contributed by atoms with Gasteiger partial charge < -0.3 is 24.4 Å². The van der Waals surface area contributed by atoms with Gasteiger partial charge in [-0.15, -0.1) is 0 Å². The molecule has 0 spiro atoms. The molecule has 1 saturated heterocycles. The van der Waals surface area contributed by atoms with E-state index >= 15 is 0 Å². The molecule has 1 fully saturated rings. The highest BCUT2D eigenvalue weighted by Crippen LogP contribution is 2.41. The van der Waals surface area contributed by atoms with Crippen molar-refractivity contribution in [3.8, 4) is 11.5 Å². The molecule has 2 aliphatic rings. The molecule has 1 amide bonds. The highest BCUT2D eigenvalue weighted by atomic mass is 19.1. The van der Waals surface area contributed by atoms with E-state index in [-0.39, 0.29) is 23.4 Å². The first-order valence-electron chi connectivity index (χ1n) is 11.6. The Bertz CT molecular complexity index is 1110. The van der Waals surface area contributed by atoms with E-state index in [0.29, 0.717) is 36.7 Å². The Balaban J connectivity index is 1.75. The minimum Gasteiger partial charge on any atom is -0.507 e. The quantitative estimate of drug-likeness (QED) is 0.361. The van der Waals surface area contributed by atoms with Gasteiger partial charge in [-0.1, -0.05) is 32.0 Å². The summed E-state index contributed by atoms with van der Waals surface area (Å²) in [6.45, 7) is 7.64. The lowest BCUT2D eigenvalue weighted by Crippen LogP contribution is -2.33. The van der Waals surface area contributed by atoms with E-state index in [0.717, 1.165) is 19.6 Å². The van der Waals surface area contributed by atoms with Gasteiger partial charge in [-0.25, -0.2) is 4.39 Å². The maximum absolute atomic E-state index is 14.9. The highest BCUT2D eigenvalue weighted by molar-refractivity contribution is 6.46. The van der Waals surface area contributed by atoms with Crippen LogP contribution in [0.3, 0.4) is 0 Å². The molecule has 8 heteroatoms. The van der Waals surface area contributed by atoms with Crippen molar-refractivity contribution < 1.29 is 28.6 Å². The van der Waals surface area contributed by atoms with Crippen LogP contribution in [0.2, 0.25) is 0 Å². The van der Waals surface area contributed by atoms with Crippen molar-refractivity contribution in [2.45, 2.75) is 26.3 Å². The summed E-state index contributed by atoms with van der Waals surface area (Å²) in [4.78, 5) is 29.8. The summed E-state index contributed by atoms with van der Waals surface area (Å²) in [5, 5.41) is 11.2. The highest BCUT2D eigenvalue weighted by Gasteiger charge is 2.46. The number of carbonyl (C=O) groups excluding carboxylic acids is 2. The molecule has 0 radical (unpaired) electrons. The number of likely N-dealkylation sites (tertiary alicyclic amines) is 1. The number of carbonyl (C=O) groups is 2. The summed E-state index contributed by atoms with van der Waals surface area (Å²) in [5.74, 6) is -1.52. The molecule has 0 saturated carbocycles. The molecule has 180 valence electrons. The van der Waals surface area contributed by atoms with Gasteiger partial charge in [-0.3, -0.25) is 9.59 Å². The molecule has 0 aromatic heterocycles. The van der Waals surface area contributed by atoms with Crippen molar-refractivity contribution in [1.29, 1.82) is 0 Å². The first-order chi connectivity index (χ1) is 16.5. The molecule has 2 aromatic carbocycles. The molecule has 1 unspecified atom stereocenters. The first-order valence-corrected chi connectivity index (χ1v) is 11.6. The van der Waals surface area contributed by atoms with E-state index in [4.69, 9.17) is 9.47 Å². The molecule has 1 atom stereocenters. The number of benzene rings is 2. The number of rotatable bonds is 8. The van der Waals surface area contributed by atoms with Crippen molar-refractivity contribution >= 4 is 17.4 Å². The van der Waals surface area contributed by atoms with Crippen LogP contribution in [0.15, 0.2) is 48.0 Å². The Hall–Kier alpha value is -3.39. The summed E-state index contributed by atoms with van der Waals surface area (Å²) < 4.78 is 26.0. The molecule has 2 heterocycles. The third-order valence-electron chi connectivity index (χ3n) is 6.32. The minimum absolute atomic E-state index is 0.130. The fourth-order valence-electron chi connectivity index (χ4n) is 4.48. The maximum atomic E-state index is 14.9. The van der Waals surface area contributed by atoms with Crippen molar-refractivity contribution in [1.82, 2.24) is 9.80 Å². The number of Topliss-reactive ketones (excluding diaryl/α,β-unsaturated/α-hetero) is 1. The van der Waals surface area contributed by atoms with E-state index in [1.807, 2.05) is 0 Å². The maximum Gasteiger partial charge on any atom is 0.295 e. The fourth-order valence-corrected chi connectivity index (χ4v) is 4.48. The third-order valence-corrected chi connectivity index (χ3v) is 6.32. The normalized spacial score (nSPS) is 19.2. The molecule has 4 rings (SSSR count). The molecule has 34 heavy (non-hydrogen) atoms. The topological polar surface area (TPSA) is 79.3 Å². The lowest BCUT2D eigenvalue weighted by atomic mass is 9.94. The monoisotopic (exact) mass is 468 g/mol. The molecule has 7 nitrogen and oxygen atoms in total. The number of hydrogen-bond acceptors (Lipinski definition) is 6. The van der Waals surface area contributed by atoms with Crippen LogP contribution in [0.1, 0.15) is 37.4 Å². The number of fused-ring (bicyclic) bond motifs is 1. The van der Waals surface area contributed by atoms with Gasteiger partial charge >= 0.3 is 0 Å². The lowest BCUT2D eigenvalue weighted by molar-refractivity contribution is -0.140. The number of halogens is 1. The van der Waals surface area contributed by atoms with Crippen LogP contribution in [0.4, 0.5) is 4.39 Å². The summed E-state index contributed by atoms with van der Waals surface area (Å²) in [6.07, 6.45) is 0.615. The fraction of sp³-hybridized carbons (Fsp3) is 0.385. The summed E-state index contributed by atoms with van der Waals surface area (Å²) >= 11 is 0. The van der Waals surface area contributed by atoms with Crippen LogP contribution in [0, 0.1) is 5.82 Å². The van der Waals surface area contributed by atoms with E-state index < -0.39 is 23.5 Å². The Labute approximate surface area is 198 Å². The van der Waals surface area contributed by atoms with Gasteiger partial charge in [-0.2, -0.15) is 0 Å². The summed E-state index contributed by atoms with van der Waals surface area (Å²) in [5.41, 5.74) is 0.338. The van der Waals surface area contributed by atoms with E-state index in [9.17, 15) is 19.1 Å². The van der Waals surface area contributed by atoms with Crippen LogP contribution in [-0.4, -0.2) is 66.0 Å². The van der Waals surface area contributed by atoms with Crippen molar-refractivity contribution in [2.24, 2.45) is 0 Å². The zero-order valence-corrected chi connectivity index (χ0v) is 19.4. The number of aliphatic hydroxyl groups excluding tert-OH is 1. The Morgan fingerprint density at radius 2 is 1.79 bits per heavy atom. The standard InChI is InChI=1S/C26H29FN2O5/c1-3-28(4-2)12-7-13-29-23(18-8-5-6-9-19(18)27)22(25(31)26(29)32)24(30)17-10-11-20-21(16-17)34-15-14-33-20/h5-6,8-11,16,23,30H,3-4,7,12-15H2,1-2H3/b24-22+. The van der Waals surface area contributed by atoms with Gasteiger partial charge in [0.15, 0.2) is 11.5 Å². The Morgan fingerprint density at radius 3 is 2.50 bits per heavy atom. The summed E-state index contributed by atoms with van der Waals surface area (Å²) in [7, 11) is 0. The molecule has 1 N–H and O–H groups in total. The van der Waals surface area contributed by atoms with Gasteiger partial charge in [-0.05, 0) is 50.3 Å². The van der Waals surface area contributed by atoms with Gasteiger partial charge in [0, 0.05) is 17.7 Å². The Morgan fingerprint density at radius 1 is 1.09 bits per heavy atom. The number of amides is 1. The van der Waals surface area contributed by atoms with Crippen LogP contribution in [0.25, 0.3) is 5.76 Å². The molecular weight excluding hydrogens is 439 g/mol. The second-order valence-corrected chi connectivity index (χ2v) is 8.25. The van der Waals surface area contributed by atoms with Gasteiger partial charge in [0.25, 0.3) is 11.7 Å². The van der Waals surface area contributed by atoms with Crippen molar-refractivity contribution in [3.63, 3.8) is 0 Å². The number of hydrogen-bond donors (Lipinski definition) is 1. The number of aliphatic hydroxyl groups is 1. The second kappa shape index (κ2) is 10.3. The van der Waals surface area contributed by atoms with Crippen LogP contribution in [-0.2, 0) is 9.59 Å². The lowest BCUT2D eigenvalue weighted by Gasteiger charge is -2.27. The van der Waals surface area contributed by atoms with Crippen LogP contribution >= 0.6 is 0 Å². The molecular formula is C26H29FN2O5. The Kier molecular flexibility index (Phi) is 7.17. The average Bonchev–Trinajstić information content (AvgIpc) is 3.11.